The Labute approximate surface area is 175 Å². The van der Waals surface area contributed by atoms with Crippen LogP contribution in [0, 0.1) is 5.82 Å². The van der Waals surface area contributed by atoms with E-state index in [1.807, 2.05) is 71.8 Å². The number of methoxy groups -OCH3 is 2. The summed E-state index contributed by atoms with van der Waals surface area (Å²) in [5.74, 6) is 1.30. The summed E-state index contributed by atoms with van der Waals surface area (Å²) in [5.41, 5.74) is 3.57. The minimum atomic E-state index is -0.292. The summed E-state index contributed by atoms with van der Waals surface area (Å²) in [6.45, 7) is 0. The molecule has 4 nitrogen and oxygen atoms in total. The molecule has 0 fully saturated rings. The SMILES string of the molecule is COc1ccccc1/C=C\C1=NN(c2cccc(F)c2)[C@@H](c2ccccc2OC)C1. The van der Waals surface area contributed by atoms with Crippen molar-refractivity contribution in [3.63, 3.8) is 0 Å². The number of hydrazone groups is 1. The van der Waals surface area contributed by atoms with Crippen molar-refractivity contribution in [1.29, 1.82) is 0 Å². The Morgan fingerprint density at radius 2 is 1.63 bits per heavy atom. The van der Waals surface area contributed by atoms with E-state index in [4.69, 9.17) is 14.6 Å². The maximum absolute atomic E-state index is 13.9. The Morgan fingerprint density at radius 3 is 2.40 bits per heavy atom. The van der Waals surface area contributed by atoms with Gasteiger partial charge < -0.3 is 9.47 Å². The molecule has 0 bridgehead atoms. The Kier molecular flexibility index (Phi) is 5.80. The van der Waals surface area contributed by atoms with Crippen LogP contribution >= 0.6 is 0 Å². The van der Waals surface area contributed by atoms with Crippen LogP contribution in [0.2, 0.25) is 0 Å². The third kappa shape index (κ3) is 4.06. The molecule has 3 aromatic rings. The number of anilines is 1. The summed E-state index contributed by atoms with van der Waals surface area (Å²) < 4.78 is 24.9. The highest BCUT2D eigenvalue weighted by molar-refractivity contribution is 6.01. The molecule has 0 saturated heterocycles. The fraction of sp³-hybridized carbons (Fsp3) is 0.160. The molecule has 0 spiro atoms. The van der Waals surface area contributed by atoms with Gasteiger partial charge in [-0.25, -0.2) is 4.39 Å². The highest BCUT2D eigenvalue weighted by Gasteiger charge is 2.30. The van der Waals surface area contributed by atoms with Crippen LogP contribution in [0.3, 0.4) is 0 Å². The first-order valence-electron chi connectivity index (χ1n) is 9.76. The minimum Gasteiger partial charge on any atom is -0.496 e. The second kappa shape index (κ2) is 8.82. The van der Waals surface area contributed by atoms with Crippen molar-refractivity contribution in [1.82, 2.24) is 0 Å². The van der Waals surface area contributed by atoms with Crippen molar-refractivity contribution in [2.75, 3.05) is 19.2 Å². The van der Waals surface area contributed by atoms with Gasteiger partial charge in [-0.15, -0.1) is 0 Å². The summed E-state index contributed by atoms with van der Waals surface area (Å²) in [7, 11) is 3.31. The number of rotatable bonds is 6. The fourth-order valence-electron chi connectivity index (χ4n) is 3.66. The molecule has 0 aliphatic carbocycles. The molecule has 1 aliphatic rings. The lowest BCUT2D eigenvalue weighted by molar-refractivity contribution is 0.405. The average molecular weight is 402 g/mol. The van der Waals surface area contributed by atoms with Crippen LogP contribution in [0.1, 0.15) is 23.6 Å². The maximum atomic E-state index is 13.9. The number of hydrogen-bond acceptors (Lipinski definition) is 4. The molecular weight excluding hydrogens is 379 g/mol. The lowest BCUT2D eigenvalue weighted by atomic mass is 9.99. The lowest BCUT2D eigenvalue weighted by Gasteiger charge is -2.25. The number of halogens is 1. The van der Waals surface area contributed by atoms with Crippen LogP contribution in [0.15, 0.2) is 84.0 Å². The Hall–Kier alpha value is -3.60. The van der Waals surface area contributed by atoms with Crippen molar-refractivity contribution in [2.24, 2.45) is 5.10 Å². The number of ether oxygens (including phenoxy) is 2. The number of benzene rings is 3. The van der Waals surface area contributed by atoms with E-state index in [0.29, 0.717) is 12.1 Å². The van der Waals surface area contributed by atoms with Crippen molar-refractivity contribution >= 4 is 17.5 Å². The largest absolute Gasteiger partial charge is 0.496 e. The molecular formula is C25H23FN2O2. The fourth-order valence-corrected chi connectivity index (χ4v) is 3.66. The van der Waals surface area contributed by atoms with Crippen molar-refractivity contribution in [3.05, 3.63) is 95.8 Å². The number of para-hydroxylation sites is 2. The van der Waals surface area contributed by atoms with Crippen LogP contribution in [0.25, 0.3) is 6.08 Å². The van der Waals surface area contributed by atoms with E-state index in [1.54, 1.807) is 20.3 Å². The van der Waals surface area contributed by atoms with Crippen LogP contribution in [-0.2, 0) is 0 Å². The van der Waals surface area contributed by atoms with Gasteiger partial charge in [-0.3, -0.25) is 5.01 Å². The van der Waals surface area contributed by atoms with Gasteiger partial charge in [0.05, 0.1) is 31.7 Å². The molecule has 0 unspecified atom stereocenters. The highest BCUT2D eigenvalue weighted by Crippen LogP contribution is 2.39. The van der Waals surface area contributed by atoms with Crippen LogP contribution in [-0.4, -0.2) is 19.9 Å². The molecule has 1 atom stereocenters. The third-order valence-electron chi connectivity index (χ3n) is 5.10. The van der Waals surface area contributed by atoms with E-state index in [1.165, 1.54) is 12.1 Å². The molecule has 0 N–H and O–H groups in total. The molecule has 0 amide bonds. The zero-order valence-corrected chi connectivity index (χ0v) is 17.0. The van der Waals surface area contributed by atoms with E-state index in [2.05, 4.69) is 0 Å². The maximum Gasteiger partial charge on any atom is 0.126 e. The smallest absolute Gasteiger partial charge is 0.126 e. The monoisotopic (exact) mass is 402 g/mol. The Morgan fingerprint density at radius 1 is 0.900 bits per heavy atom. The molecule has 1 heterocycles. The molecule has 3 aromatic carbocycles. The van der Waals surface area contributed by atoms with Crippen molar-refractivity contribution in [3.8, 4) is 11.5 Å². The lowest BCUT2D eigenvalue weighted by Crippen LogP contribution is -2.19. The zero-order chi connectivity index (χ0) is 20.9. The summed E-state index contributed by atoms with van der Waals surface area (Å²) >= 11 is 0. The van der Waals surface area contributed by atoms with E-state index < -0.39 is 0 Å². The number of allylic oxidation sites excluding steroid dienone is 1. The number of nitrogens with zero attached hydrogens (tertiary/aromatic N) is 2. The first-order chi connectivity index (χ1) is 14.7. The first kappa shape index (κ1) is 19.7. The summed E-state index contributed by atoms with van der Waals surface area (Å²) in [6.07, 6.45) is 4.65. The minimum absolute atomic E-state index is 0.0970. The van der Waals surface area contributed by atoms with Gasteiger partial charge in [-0.05, 0) is 42.5 Å². The van der Waals surface area contributed by atoms with Gasteiger partial charge in [-0.2, -0.15) is 5.10 Å². The molecule has 0 aromatic heterocycles. The molecule has 4 rings (SSSR count). The standard InChI is InChI=1S/C25H23FN2O2/c1-29-24-12-5-3-8-18(24)14-15-20-17-23(22-11-4-6-13-25(22)30-2)28(27-20)21-10-7-9-19(26)16-21/h3-16,23H,17H2,1-2H3/b15-14-/t23-/m1/s1. The first-order valence-corrected chi connectivity index (χ1v) is 9.76. The van der Waals surface area contributed by atoms with Gasteiger partial charge in [0.25, 0.3) is 0 Å². The predicted molar refractivity (Wildman–Crippen MR) is 119 cm³/mol. The van der Waals surface area contributed by atoms with E-state index in [9.17, 15) is 4.39 Å². The highest BCUT2D eigenvalue weighted by atomic mass is 19.1. The summed E-state index contributed by atoms with van der Waals surface area (Å²) in [6, 6.07) is 22.1. The second-order valence-electron chi connectivity index (χ2n) is 6.95. The van der Waals surface area contributed by atoms with Crippen molar-refractivity contribution in [2.45, 2.75) is 12.5 Å². The van der Waals surface area contributed by atoms with E-state index in [-0.39, 0.29) is 11.9 Å². The molecule has 0 radical (unpaired) electrons. The second-order valence-corrected chi connectivity index (χ2v) is 6.95. The van der Waals surface area contributed by atoms with Gasteiger partial charge in [0, 0.05) is 17.5 Å². The molecule has 5 heteroatoms. The zero-order valence-electron chi connectivity index (χ0n) is 17.0. The number of hydrogen-bond donors (Lipinski definition) is 0. The van der Waals surface area contributed by atoms with Gasteiger partial charge in [0.15, 0.2) is 0 Å². The third-order valence-corrected chi connectivity index (χ3v) is 5.10. The topological polar surface area (TPSA) is 34.1 Å². The molecule has 0 saturated carbocycles. The van der Waals surface area contributed by atoms with Gasteiger partial charge in [-0.1, -0.05) is 42.5 Å². The summed E-state index contributed by atoms with van der Waals surface area (Å²) in [5, 5.41) is 6.67. The quantitative estimate of drug-likeness (QED) is 0.518. The van der Waals surface area contributed by atoms with Crippen LogP contribution in [0.5, 0.6) is 11.5 Å². The molecule has 152 valence electrons. The van der Waals surface area contributed by atoms with Gasteiger partial charge in [0.1, 0.15) is 17.3 Å². The summed E-state index contributed by atoms with van der Waals surface area (Å²) in [4.78, 5) is 0. The average Bonchev–Trinajstić information content (AvgIpc) is 3.22. The van der Waals surface area contributed by atoms with E-state index >= 15 is 0 Å². The molecule has 1 aliphatic heterocycles. The molecule has 30 heavy (non-hydrogen) atoms. The van der Waals surface area contributed by atoms with E-state index in [0.717, 1.165) is 28.3 Å². The van der Waals surface area contributed by atoms with Gasteiger partial charge >= 0.3 is 0 Å². The Bertz CT molecular complexity index is 1090. The normalized spacial score (nSPS) is 16.0. The van der Waals surface area contributed by atoms with Crippen LogP contribution < -0.4 is 14.5 Å². The Balaban J connectivity index is 1.71. The predicted octanol–water partition coefficient (Wildman–Crippen LogP) is 5.86. The van der Waals surface area contributed by atoms with Crippen LogP contribution in [0.4, 0.5) is 10.1 Å². The van der Waals surface area contributed by atoms with Crippen molar-refractivity contribution < 1.29 is 13.9 Å². The van der Waals surface area contributed by atoms with Gasteiger partial charge in [0.2, 0.25) is 0 Å².